The van der Waals surface area contributed by atoms with Crippen molar-refractivity contribution in [2.45, 2.75) is 19.9 Å². The molecule has 84 valence electrons. The second kappa shape index (κ2) is 5.94. The van der Waals surface area contributed by atoms with E-state index in [2.05, 4.69) is 16.6 Å². The molecule has 1 aromatic rings. The number of amides is 1. The first-order valence-electron chi connectivity index (χ1n) is 5.18. The number of anilines is 1. The molecule has 0 aliphatic rings. The molecule has 3 nitrogen and oxygen atoms in total. The first-order chi connectivity index (χ1) is 7.63. The molecular weight excluding hydrogens is 200 g/mol. The lowest BCUT2D eigenvalue weighted by Crippen LogP contribution is -2.18. The van der Waals surface area contributed by atoms with Gasteiger partial charge < -0.3 is 5.32 Å². The van der Waals surface area contributed by atoms with Crippen LogP contribution in [0.5, 0.6) is 0 Å². The minimum Gasteiger partial charge on any atom is -0.326 e. The smallest absolute Gasteiger partial charge is 0.221 e. The zero-order valence-electron chi connectivity index (χ0n) is 9.58. The standard InChI is InChI=1S/C13H16N2O/c1-4-8-14-10(2)12-6-5-7-13(9-12)15-11(3)16/h1,5-7,9-10,14H,8H2,2-3H3,(H,15,16). The van der Waals surface area contributed by atoms with Gasteiger partial charge in [0.25, 0.3) is 0 Å². The molecule has 0 bridgehead atoms. The maximum Gasteiger partial charge on any atom is 0.221 e. The summed E-state index contributed by atoms with van der Waals surface area (Å²) in [7, 11) is 0. The van der Waals surface area contributed by atoms with Crippen LogP contribution in [0.2, 0.25) is 0 Å². The number of hydrogen-bond acceptors (Lipinski definition) is 2. The van der Waals surface area contributed by atoms with Gasteiger partial charge in [-0.3, -0.25) is 10.1 Å². The van der Waals surface area contributed by atoms with Crippen LogP contribution in [-0.2, 0) is 4.79 Å². The fourth-order valence-corrected chi connectivity index (χ4v) is 1.42. The van der Waals surface area contributed by atoms with Crippen molar-refractivity contribution in [2.75, 3.05) is 11.9 Å². The average molecular weight is 216 g/mol. The molecule has 1 amide bonds. The lowest BCUT2D eigenvalue weighted by molar-refractivity contribution is -0.114. The van der Waals surface area contributed by atoms with Gasteiger partial charge in [0.2, 0.25) is 5.91 Å². The van der Waals surface area contributed by atoms with Crippen LogP contribution in [0, 0.1) is 12.3 Å². The Labute approximate surface area is 96.2 Å². The van der Waals surface area contributed by atoms with Crippen molar-refractivity contribution in [3.05, 3.63) is 29.8 Å². The molecule has 0 aliphatic heterocycles. The monoisotopic (exact) mass is 216 g/mol. The van der Waals surface area contributed by atoms with Crippen molar-refractivity contribution in [1.29, 1.82) is 0 Å². The average Bonchev–Trinajstić information content (AvgIpc) is 2.25. The summed E-state index contributed by atoms with van der Waals surface area (Å²) < 4.78 is 0. The Kier molecular flexibility index (Phi) is 4.56. The Balaban J connectivity index is 2.73. The molecule has 0 aliphatic carbocycles. The second-order valence-corrected chi connectivity index (χ2v) is 3.61. The fourth-order valence-electron chi connectivity index (χ4n) is 1.42. The summed E-state index contributed by atoms with van der Waals surface area (Å²) in [4.78, 5) is 10.9. The Bertz CT molecular complexity index is 407. The van der Waals surface area contributed by atoms with E-state index in [0.717, 1.165) is 11.3 Å². The van der Waals surface area contributed by atoms with E-state index in [1.807, 2.05) is 31.2 Å². The molecule has 1 rings (SSSR count). The summed E-state index contributed by atoms with van der Waals surface area (Å²) in [5, 5.41) is 5.93. The van der Waals surface area contributed by atoms with E-state index in [1.165, 1.54) is 6.92 Å². The van der Waals surface area contributed by atoms with Crippen LogP contribution in [0.3, 0.4) is 0 Å². The van der Waals surface area contributed by atoms with Crippen LogP contribution in [0.1, 0.15) is 25.5 Å². The molecule has 0 heterocycles. The third-order valence-electron chi connectivity index (χ3n) is 2.22. The highest BCUT2D eigenvalue weighted by Gasteiger charge is 2.04. The maximum absolute atomic E-state index is 10.9. The van der Waals surface area contributed by atoms with Crippen LogP contribution in [-0.4, -0.2) is 12.5 Å². The number of terminal acetylenes is 1. The molecule has 0 saturated heterocycles. The number of benzene rings is 1. The van der Waals surface area contributed by atoms with Gasteiger partial charge in [0.05, 0.1) is 6.54 Å². The van der Waals surface area contributed by atoms with E-state index < -0.39 is 0 Å². The van der Waals surface area contributed by atoms with Gasteiger partial charge in [0.15, 0.2) is 0 Å². The predicted octanol–water partition coefficient (Wildman–Crippen LogP) is 1.93. The summed E-state index contributed by atoms with van der Waals surface area (Å²) in [6, 6.07) is 7.88. The molecule has 1 atom stereocenters. The highest BCUT2D eigenvalue weighted by Crippen LogP contribution is 2.17. The van der Waals surface area contributed by atoms with Gasteiger partial charge in [-0.25, -0.2) is 0 Å². The molecule has 1 aromatic carbocycles. The second-order valence-electron chi connectivity index (χ2n) is 3.61. The minimum absolute atomic E-state index is 0.0682. The van der Waals surface area contributed by atoms with Crippen LogP contribution < -0.4 is 10.6 Å². The number of rotatable bonds is 4. The zero-order chi connectivity index (χ0) is 12.0. The highest BCUT2D eigenvalue weighted by atomic mass is 16.1. The molecule has 0 radical (unpaired) electrons. The van der Waals surface area contributed by atoms with Gasteiger partial charge in [-0.2, -0.15) is 0 Å². The summed E-state index contributed by atoms with van der Waals surface area (Å²) in [5.74, 6) is 2.47. The van der Waals surface area contributed by atoms with E-state index in [4.69, 9.17) is 6.42 Å². The lowest BCUT2D eigenvalue weighted by Gasteiger charge is -2.13. The van der Waals surface area contributed by atoms with E-state index in [-0.39, 0.29) is 11.9 Å². The highest BCUT2D eigenvalue weighted by molar-refractivity contribution is 5.88. The van der Waals surface area contributed by atoms with Crippen molar-refractivity contribution in [2.24, 2.45) is 0 Å². The van der Waals surface area contributed by atoms with Crippen LogP contribution in [0.4, 0.5) is 5.69 Å². The van der Waals surface area contributed by atoms with E-state index in [9.17, 15) is 4.79 Å². The number of hydrogen-bond donors (Lipinski definition) is 2. The van der Waals surface area contributed by atoms with E-state index in [0.29, 0.717) is 6.54 Å². The van der Waals surface area contributed by atoms with Crippen molar-refractivity contribution in [3.8, 4) is 12.3 Å². The van der Waals surface area contributed by atoms with Gasteiger partial charge in [0, 0.05) is 18.7 Å². The minimum atomic E-state index is -0.0682. The predicted molar refractivity (Wildman–Crippen MR) is 66.0 cm³/mol. The van der Waals surface area contributed by atoms with Crippen molar-refractivity contribution in [1.82, 2.24) is 5.32 Å². The van der Waals surface area contributed by atoms with E-state index >= 15 is 0 Å². The maximum atomic E-state index is 10.9. The molecular formula is C13H16N2O. The normalized spacial score (nSPS) is 11.6. The van der Waals surface area contributed by atoms with Crippen molar-refractivity contribution >= 4 is 11.6 Å². The number of carbonyl (C=O) groups is 1. The first-order valence-corrected chi connectivity index (χ1v) is 5.18. The Morgan fingerprint density at radius 1 is 1.56 bits per heavy atom. The summed E-state index contributed by atoms with van der Waals surface area (Å²) >= 11 is 0. The number of carbonyl (C=O) groups excluding carboxylic acids is 1. The molecule has 0 aromatic heterocycles. The topological polar surface area (TPSA) is 41.1 Å². The molecule has 0 spiro atoms. The lowest BCUT2D eigenvalue weighted by atomic mass is 10.1. The van der Waals surface area contributed by atoms with Gasteiger partial charge in [-0.1, -0.05) is 18.1 Å². The largest absolute Gasteiger partial charge is 0.326 e. The van der Waals surface area contributed by atoms with Gasteiger partial charge >= 0.3 is 0 Å². The molecule has 3 heteroatoms. The summed E-state index contributed by atoms with van der Waals surface area (Å²) in [6.07, 6.45) is 5.18. The van der Waals surface area contributed by atoms with Gasteiger partial charge in [-0.15, -0.1) is 6.42 Å². The van der Waals surface area contributed by atoms with E-state index in [1.54, 1.807) is 0 Å². The third kappa shape index (κ3) is 3.76. The quantitative estimate of drug-likeness (QED) is 0.755. The van der Waals surface area contributed by atoms with Gasteiger partial charge in [0.1, 0.15) is 0 Å². The van der Waals surface area contributed by atoms with Crippen LogP contribution in [0.15, 0.2) is 24.3 Å². The van der Waals surface area contributed by atoms with Crippen LogP contribution in [0.25, 0.3) is 0 Å². The SMILES string of the molecule is C#CCNC(C)c1cccc(NC(C)=O)c1. The van der Waals surface area contributed by atoms with Crippen LogP contribution >= 0.6 is 0 Å². The molecule has 16 heavy (non-hydrogen) atoms. The Morgan fingerprint density at radius 3 is 2.94 bits per heavy atom. The molecule has 1 unspecified atom stereocenters. The van der Waals surface area contributed by atoms with Crippen molar-refractivity contribution in [3.63, 3.8) is 0 Å². The molecule has 0 fully saturated rings. The molecule has 0 saturated carbocycles. The Hall–Kier alpha value is -1.79. The Morgan fingerprint density at radius 2 is 2.31 bits per heavy atom. The van der Waals surface area contributed by atoms with Crippen molar-refractivity contribution < 1.29 is 4.79 Å². The zero-order valence-corrected chi connectivity index (χ0v) is 9.58. The first kappa shape index (κ1) is 12.3. The van der Waals surface area contributed by atoms with Gasteiger partial charge in [-0.05, 0) is 24.6 Å². The number of nitrogens with one attached hydrogen (secondary N) is 2. The summed E-state index contributed by atoms with van der Waals surface area (Å²) in [5.41, 5.74) is 1.90. The fraction of sp³-hybridized carbons (Fsp3) is 0.308. The summed E-state index contributed by atoms with van der Waals surface area (Å²) in [6.45, 7) is 4.06. The molecule has 2 N–H and O–H groups in total. The third-order valence-corrected chi connectivity index (χ3v) is 2.22.